The zero-order chi connectivity index (χ0) is 18.1. The van der Waals surface area contributed by atoms with Crippen molar-refractivity contribution < 1.29 is 4.39 Å². The molecule has 0 amide bonds. The van der Waals surface area contributed by atoms with E-state index >= 15 is 0 Å². The average molecular weight is 358 g/mol. The monoisotopic (exact) mass is 358 g/mol. The fraction of sp³-hybridized carbons (Fsp3) is 0.579. The van der Waals surface area contributed by atoms with Crippen molar-refractivity contribution in [2.45, 2.75) is 57.0 Å². The molecule has 1 aliphatic carbocycles. The molecule has 2 fully saturated rings. The zero-order valence-electron chi connectivity index (χ0n) is 15.1. The molecule has 0 radical (unpaired) electrons. The molecule has 4 rings (SSSR count). The molecule has 1 spiro atoms. The largest absolute Gasteiger partial charge is 0.370 e. The molecule has 0 atom stereocenters. The van der Waals surface area contributed by atoms with Gasteiger partial charge in [0, 0.05) is 13.1 Å². The number of guanidine groups is 2. The van der Waals surface area contributed by atoms with Crippen LogP contribution in [-0.2, 0) is 0 Å². The lowest BCUT2D eigenvalue weighted by atomic mass is 9.87. The second-order valence-corrected chi connectivity index (χ2v) is 7.50. The molecule has 1 saturated carbocycles. The maximum Gasteiger partial charge on any atom is 0.220 e. The van der Waals surface area contributed by atoms with E-state index in [1.165, 1.54) is 18.9 Å². The highest BCUT2D eigenvalue weighted by molar-refractivity contribution is 6.07. The number of benzene rings is 1. The maximum absolute atomic E-state index is 14.2. The Hall–Kier alpha value is -2.31. The smallest absolute Gasteiger partial charge is 0.220 e. The third-order valence-corrected chi connectivity index (χ3v) is 5.73. The van der Waals surface area contributed by atoms with Gasteiger partial charge < -0.3 is 16.4 Å². The lowest BCUT2D eigenvalue weighted by molar-refractivity contribution is 0.305. The quantitative estimate of drug-likeness (QED) is 0.851. The second-order valence-electron chi connectivity index (χ2n) is 7.50. The highest BCUT2D eigenvalue weighted by Gasteiger charge is 2.43. The summed E-state index contributed by atoms with van der Waals surface area (Å²) in [6.45, 7) is 1.95. The Balaban J connectivity index is 1.81. The summed E-state index contributed by atoms with van der Waals surface area (Å²) in [5, 5.41) is 0. The van der Waals surface area contributed by atoms with E-state index in [9.17, 15) is 4.39 Å². The third-order valence-electron chi connectivity index (χ3n) is 5.73. The van der Waals surface area contributed by atoms with Gasteiger partial charge >= 0.3 is 0 Å². The summed E-state index contributed by atoms with van der Waals surface area (Å²) in [6.07, 6.45) is 8.51. The van der Waals surface area contributed by atoms with E-state index in [-0.39, 0.29) is 11.8 Å². The van der Waals surface area contributed by atoms with Gasteiger partial charge in [0.25, 0.3) is 0 Å². The van der Waals surface area contributed by atoms with E-state index in [0.717, 1.165) is 63.0 Å². The third kappa shape index (κ3) is 2.99. The van der Waals surface area contributed by atoms with Gasteiger partial charge in [0.15, 0.2) is 0 Å². The number of nitrogens with zero attached hydrogens (tertiary/aromatic N) is 4. The summed E-state index contributed by atoms with van der Waals surface area (Å²) in [7, 11) is 0. The van der Waals surface area contributed by atoms with Gasteiger partial charge in [-0.2, -0.15) is 4.99 Å². The minimum Gasteiger partial charge on any atom is -0.370 e. The number of nitrogens with two attached hydrogens (primary N) is 2. The Morgan fingerprint density at radius 3 is 2.35 bits per heavy atom. The van der Waals surface area contributed by atoms with Gasteiger partial charge in [-0.1, -0.05) is 6.42 Å². The van der Waals surface area contributed by atoms with Crippen LogP contribution in [-0.4, -0.2) is 30.7 Å². The molecule has 3 aliphatic rings. The summed E-state index contributed by atoms with van der Waals surface area (Å²) in [5.41, 5.74) is 13.5. The number of rotatable bonds is 2. The average Bonchev–Trinajstić information content (AvgIpc) is 2.62. The van der Waals surface area contributed by atoms with Gasteiger partial charge in [-0.25, -0.2) is 9.38 Å². The Kier molecular flexibility index (Phi) is 4.46. The highest BCUT2D eigenvalue weighted by atomic mass is 19.1. The zero-order valence-corrected chi connectivity index (χ0v) is 15.1. The molecule has 1 saturated heterocycles. The summed E-state index contributed by atoms with van der Waals surface area (Å²) >= 11 is 0. The molecule has 0 bridgehead atoms. The molecule has 26 heavy (non-hydrogen) atoms. The van der Waals surface area contributed by atoms with Crippen LogP contribution in [0, 0.1) is 5.82 Å². The number of halogens is 1. The number of aliphatic imine (C=N–C) groups is 2. The van der Waals surface area contributed by atoms with Crippen LogP contribution in [0.25, 0.3) is 0 Å². The van der Waals surface area contributed by atoms with Crippen molar-refractivity contribution in [3.05, 3.63) is 24.0 Å². The van der Waals surface area contributed by atoms with Crippen molar-refractivity contribution in [3.8, 4) is 0 Å². The van der Waals surface area contributed by atoms with Crippen LogP contribution in [0.5, 0.6) is 0 Å². The van der Waals surface area contributed by atoms with Gasteiger partial charge in [0.1, 0.15) is 11.5 Å². The maximum atomic E-state index is 14.2. The molecule has 2 aliphatic heterocycles. The molecule has 0 unspecified atom stereocenters. The standard InChI is InChI=1S/C19H27FN6/c20-14-7-8-15(25-11-5-2-6-12-25)16(13-14)26-18(22)23-17(21)24-19(26)9-3-1-4-10-19/h7-8,13H,1-6,9-12H2,(H4,21,22,23,24). The Morgan fingerprint density at radius 1 is 0.923 bits per heavy atom. The summed E-state index contributed by atoms with van der Waals surface area (Å²) in [6, 6.07) is 4.96. The molecule has 1 aromatic rings. The van der Waals surface area contributed by atoms with Crippen molar-refractivity contribution in [2.24, 2.45) is 21.5 Å². The van der Waals surface area contributed by atoms with Crippen LogP contribution in [0.2, 0.25) is 0 Å². The lowest BCUT2D eigenvalue weighted by Gasteiger charge is -2.47. The Labute approximate surface area is 153 Å². The molecular weight excluding hydrogens is 331 g/mol. The normalized spacial score (nSPS) is 23.0. The first kappa shape index (κ1) is 17.1. The van der Waals surface area contributed by atoms with Crippen molar-refractivity contribution in [2.75, 3.05) is 22.9 Å². The fourth-order valence-corrected chi connectivity index (χ4v) is 4.55. The molecule has 140 valence electrons. The molecule has 7 heteroatoms. The number of hydrogen-bond acceptors (Lipinski definition) is 6. The van der Waals surface area contributed by atoms with E-state index in [0.29, 0.717) is 5.96 Å². The van der Waals surface area contributed by atoms with Crippen LogP contribution >= 0.6 is 0 Å². The molecule has 2 heterocycles. The molecule has 6 nitrogen and oxygen atoms in total. The highest BCUT2D eigenvalue weighted by Crippen LogP contribution is 2.43. The first-order valence-electron chi connectivity index (χ1n) is 9.63. The van der Waals surface area contributed by atoms with Crippen molar-refractivity contribution >= 4 is 23.3 Å². The van der Waals surface area contributed by atoms with Gasteiger partial charge in [-0.05, 0) is 63.1 Å². The van der Waals surface area contributed by atoms with E-state index < -0.39 is 5.66 Å². The first-order valence-corrected chi connectivity index (χ1v) is 9.63. The molecule has 4 N–H and O–H groups in total. The Bertz CT molecular complexity index is 732. The summed E-state index contributed by atoms with van der Waals surface area (Å²) < 4.78 is 14.2. The molecule has 0 aromatic heterocycles. The summed E-state index contributed by atoms with van der Waals surface area (Å²) in [5.74, 6) is 0.252. The lowest BCUT2D eigenvalue weighted by Crippen LogP contribution is -2.58. The first-order chi connectivity index (χ1) is 12.6. The van der Waals surface area contributed by atoms with E-state index in [4.69, 9.17) is 16.5 Å². The van der Waals surface area contributed by atoms with E-state index in [1.54, 1.807) is 6.07 Å². The van der Waals surface area contributed by atoms with E-state index in [2.05, 4.69) is 9.89 Å². The van der Waals surface area contributed by atoms with Crippen LogP contribution in [0.1, 0.15) is 51.4 Å². The van der Waals surface area contributed by atoms with Gasteiger partial charge in [-0.15, -0.1) is 0 Å². The van der Waals surface area contributed by atoms with Crippen LogP contribution in [0.3, 0.4) is 0 Å². The van der Waals surface area contributed by atoms with Crippen molar-refractivity contribution in [3.63, 3.8) is 0 Å². The minimum absolute atomic E-state index is 0.219. The fourth-order valence-electron chi connectivity index (χ4n) is 4.55. The predicted molar refractivity (Wildman–Crippen MR) is 104 cm³/mol. The van der Waals surface area contributed by atoms with Crippen molar-refractivity contribution in [1.29, 1.82) is 0 Å². The van der Waals surface area contributed by atoms with Crippen LogP contribution < -0.4 is 21.3 Å². The van der Waals surface area contributed by atoms with Gasteiger partial charge in [-0.3, -0.25) is 4.90 Å². The SMILES string of the molecule is NC1=NC2(CCCCC2)N(c2cc(F)ccc2N2CCCCC2)C(N)=N1. The van der Waals surface area contributed by atoms with E-state index in [1.807, 2.05) is 11.0 Å². The van der Waals surface area contributed by atoms with Crippen molar-refractivity contribution in [1.82, 2.24) is 0 Å². The van der Waals surface area contributed by atoms with Crippen LogP contribution in [0.15, 0.2) is 28.2 Å². The molecule has 1 aromatic carbocycles. The minimum atomic E-state index is -0.549. The topological polar surface area (TPSA) is 83.2 Å². The summed E-state index contributed by atoms with van der Waals surface area (Å²) in [4.78, 5) is 13.2. The predicted octanol–water partition coefficient (Wildman–Crippen LogP) is 2.93. The number of anilines is 2. The number of hydrogen-bond donors (Lipinski definition) is 2. The van der Waals surface area contributed by atoms with Crippen LogP contribution in [0.4, 0.5) is 15.8 Å². The Morgan fingerprint density at radius 2 is 1.62 bits per heavy atom. The van der Waals surface area contributed by atoms with Gasteiger partial charge in [0.2, 0.25) is 11.9 Å². The number of piperidine rings is 1. The molecular formula is C19H27FN6. The van der Waals surface area contributed by atoms with Gasteiger partial charge in [0.05, 0.1) is 11.4 Å². The second kappa shape index (κ2) is 6.78.